The number of carbonyl (C=O) groups excluding carboxylic acids is 2. The van der Waals surface area contributed by atoms with Gasteiger partial charge in [0.15, 0.2) is 0 Å². The Morgan fingerprint density at radius 2 is 1.95 bits per heavy atom. The van der Waals surface area contributed by atoms with Gasteiger partial charge >= 0.3 is 6.03 Å². The highest BCUT2D eigenvalue weighted by molar-refractivity contribution is 5.95. The van der Waals surface area contributed by atoms with Crippen molar-refractivity contribution in [1.82, 2.24) is 16.0 Å². The molecule has 0 atom stereocenters. The second kappa shape index (κ2) is 7.78. The highest BCUT2D eigenvalue weighted by Crippen LogP contribution is 2.11. The number of hydrogen-bond donors (Lipinski definition) is 3. The summed E-state index contributed by atoms with van der Waals surface area (Å²) in [4.78, 5) is 23.6. The molecule has 1 heterocycles. The van der Waals surface area contributed by atoms with Crippen molar-refractivity contribution in [2.75, 3.05) is 19.6 Å². The van der Waals surface area contributed by atoms with Crippen molar-refractivity contribution >= 4 is 11.9 Å². The van der Waals surface area contributed by atoms with Gasteiger partial charge in [-0.2, -0.15) is 0 Å². The zero-order valence-corrected chi connectivity index (χ0v) is 12.4. The smallest absolute Gasteiger partial charge is 0.321 e. The zero-order valence-electron chi connectivity index (χ0n) is 12.4. The molecule has 1 aromatic carbocycles. The van der Waals surface area contributed by atoms with E-state index in [1.54, 1.807) is 0 Å². The summed E-state index contributed by atoms with van der Waals surface area (Å²) in [6.07, 6.45) is 2.35. The number of rotatable bonds is 4. The second-order valence-corrected chi connectivity index (χ2v) is 5.45. The van der Waals surface area contributed by atoms with Gasteiger partial charge in [-0.3, -0.25) is 10.1 Å². The minimum absolute atomic E-state index is 0.0478. The second-order valence-electron chi connectivity index (χ2n) is 5.45. The average Bonchev–Trinajstić information content (AvgIpc) is 2.50. The molecule has 0 radical (unpaired) electrons. The molecule has 1 aliphatic heterocycles. The van der Waals surface area contributed by atoms with Crippen molar-refractivity contribution in [3.63, 3.8) is 0 Å². The Morgan fingerprint density at radius 3 is 2.67 bits per heavy atom. The first-order valence-electron chi connectivity index (χ1n) is 7.50. The summed E-state index contributed by atoms with van der Waals surface area (Å²) in [5.41, 5.74) is 2.42. The number of amides is 3. The Morgan fingerprint density at radius 1 is 1.24 bits per heavy atom. The highest BCUT2D eigenvalue weighted by atomic mass is 16.2. The van der Waals surface area contributed by atoms with Crippen LogP contribution in [0, 0.1) is 12.8 Å². The standard InChI is InChI=1S/C16H23N3O2/c1-12-4-2-3-5-13(12)8-11-18-16(21)19-15(20)14-6-9-17-10-7-14/h2-5,14,17H,6-11H2,1H3,(H2,18,19,20,21). The molecule has 1 saturated heterocycles. The van der Waals surface area contributed by atoms with E-state index in [0.29, 0.717) is 6.54 Å². The molecule has 5 nitrogen and oxygen atoms in total. The molecule has 21 heavy (non-hydrogen) atoms. The maximum Gasteiger partial charge on any atom is 0.321 e. The Hall–Kier alpha value is -1.88. The van der Waals surface area contributed by atoms with E-state index in [1.165, 1.54) is 11.1 Å². The number of nitrogens with one attached hydrogen (secondary N) is 3. The third kappa shape index (κ3) is 4.86. The summed E-state index contributed by atoms with van der Waals surface area (Å²) in [6, 6.07) is 7.69. The predicted octanol–water partition coefficient (Wildman–Crippen LogP) is 1.36. The predicted molar refractivity (Wildman–Crippen MR) is 82.0 cm³/mol. The average molecular weight is 289 g/mol. The van der Waals surface area contributed by atoms with E-state index in [2.05, 4.69) is 35.0 Å². The molecular weight excluding hydrogens is 266 g/mol. The van der Waals surface area contributed by atoms with Crippen molar-refractivity contribution in [2.24, 2.45) is 5.92 Å². The van der Waals surface area contributed by atoms with Crippen molar-refractivity contribution in [2.45, 2.75) is 26.2 Å². The lowest BCUT2D eigenvalue weighted by Crippen LogP contribution is -2.45. The molecule has 0 unspecified atom stereocenters. The number of urea groups is 1. The van der Waals surface area contributed by atoms with Gasteiger partial charge in [0.2, 0.25) is 5.91 Å². The normalized spacial score (nSPS) is 15.5. The molecule has 114 valence electrons. The van der Waals surface area contributed by atoms with Gasteiger partial charge in [-0.1, -0.05) is 24.3 Å². The van der Waals surface area contributed by atoms with Crippen LogP contribution in [0.5, 0.6) is 0 Å². The SMILES string of the molecule is Cc1ccccc1CCNC(=O)NC(=O)C1CCNCC1. The number of aryl methyl sites for hydroxylation is 1. The van der Waals surface area contributed by atoms with E-state index in [9.17, 15) is 9.59 Å². The molecule has 5 heteroatoms. The topological polar surface area (TPSA) is 70.2 Å². The lowest BCUT2D eigenvalue weighted by molar-refractivity contribution is -0.124. The molecule has 1 aromatic rings. The van der Waals surface area contributed by atoms with Crippen LogP contribution in [0.25, 0.3) is 0 Å². The first kappa shape index (κ1) is 15.5. The van der Waals surface area contributed by atoms with Crippen LogP contribution < -0.4 is 16.0 Å². The summed E-state index contributed by atoms with van der Waals surface area (Å²) in [7, 11) is 0. The van der Waals surface area contributed by atoms with E-state index >= 15 is 0 Å². The Balaban J connectivity index is 1.70. The van der Waals surface area contributed by atoms with Gasteiger partial charge in [-0.05, 0) is 50.4 Å². The first-order valence-corrected chi connectivity index (χ1v) is 7.50. The van der Waals surface area contributed by atoms with Crippen LogP contribution in [0.4, 0.5) is 4.79 Å². The van der Waals surface area contributed by atoms with Crippen molar-refractivity contribution in [1.29, 1.82) is 0 Å². The van der Waals surface area contributed by atoms with Crippen LogP contribution in [0.1, 0.15) is 24.0 Å². The quantitative estimate of drug-likeness (QED) is 0.784. The number of piperidine rings is 1. The summed E-state index contributed by atoms with van der Waals surface area (Å²) < 4.78 is 0. The van der Waals surface area contributed by atoms with Gasteiger partial charge in [0.25, 0.3) is 0 Å². The molecule has 3 amide bonds. The minimum Gasteiger partial charge on any atom is -0.337 e. The fourth-order valence-corrected chi connectivity index (χ4v) is 2.54. The van der Waals surface area contributed by atoms with E-state index in [1.807, 2.05) is 12.1 Å². The summed E-state index contributed by atoms with van der Waals surface area (Å²) in [5.74, 6) is -0.210. The number of benzene rings is 1. The summed E-state index contributed by atoms with van der Waals surface area (Å²) in [5, 5.41) is 8.38. The minimum atomic E-state index is -0.396. The van der Waals surface area contributed by atoms with Crippen molar-refractivity contribution in [3.8, 4) is 0 Å². The number of imide groups is 1. The van der Waals surface area contributed by atoms with Gasteiger partial charge in [-0.15, -0.1) is 0 Å². The first-order chi connectivity index (χ1) is 10.2. The molecular formula is C16H23N3O2. The Kier molecular flexibility index (Phi) is 5.75. The molecule has 0 bridgehead atoms. The van der Waals surface area contributed by atoms with Crippen molar-refractivity contribution < 1.29 is 9.59 Å². The van der Waals surface area contributed by atoms with E-state index in [-0.39, 0.29) is 11.8 Å². The number of hydrogen-bond acceptors (Lipinski definition) is 3. The molecule has 0 aliphatic carbocycles. The van der Waals surface area contributed by atoms with Crippen LogP contribution in [0.3, 0.4) is 0 Å². The summed E-state index contributed by atoms with van der Waals surface area (Å²) >= 11 is 0. The maximum atomic E-state index is 11.9. The highest BCUT2D eigenvalue weighted by Gasteiger charge is 2.22. The lowest BCUT2D eigenvalue weighted by atomic mass is 9.97. The van der Waals surface area contributed by atoms with Crippen LogP contribution in [-0.4, -0.2) is 31.6 Å². The third-order valence-electron chi connectivity index (χ3n) is 3.89. The van der Waals surface area contributed by atoms with E-state index < -0.39 is 6.03 Å². The zero-order chi connectivity index (χ0) is 15.1. The fraction of sp³-hybridized carbons (Fsp3) is 0.500. The molecule has 3 N–H and O–H groups in total. The fourth-order valence-electron chi connectivity index (χ4n) is 2.54. The Labute approximate surface area is 125 Å². The third-order valence-corrected chi connectivity index (χ3v) is 3.89. The van der Waals surface area contributed by atoms with Gasteiger partial charge in [0.1, 0.15) is 0 Å². The maximum absolute atomic E-state index is 11.9. The van der Waals surface area contributed by atoms with Gasteiger partial charge < -0.3 is 10.6 Å². The lowest BCUT2D eigenvalue weighted by Gasteiger charge is -2.21. The van der Waals surface area contributed by atoms with Gasteiger partial charge in [0, 0.05) is 12.5 Å². The van der Waals surface area contributed by atoms with Crippen LogP contribution in [-0.2, 0) is 11.2 Å². The molecule has 1 fully saturated rings. The van der Waals surface area contributed by atoms with E-state index in [4.69, 9.17) is 0 Å². The van der Waals surface area contributed by atoms with E-state index in [0.717, 1.165) is 32.4 Å². The molecule has 1 aliphatic rings. The van der Waals surface area contributed by atoms with Gasteiger partial charge in [0.05, 0.1) is 0 Å². The molecule has 0 saturated carbocycles. The van der Waals surface area contributed by atoms with Crippen LogP contribution in [0.15, 0.2) is 24.3 Å². The van der Waals surface area contributed by atoms with Crippen LogP contribution >= 0.6 is 0 Å². The molecule has 0 spiro atoms. The Bertz CT molecular complexity index is 496. The van der Waals surface area contributed by atoms with Gasteiger partial charge in [-0.25, -0.2) is 4.79 Å². The monoisotopic (exact) mass is 289 g/mol. The number of carbonyl (C=O) groups is 2. The van der Waals surface area contributed by atoms with Crippen molar-refractivity contribution in [3.05, 3.63) is 35.4 Å². The largest absolute Gasteiger partial charge is 0.337 e. The van der Waals surface area contributed by atoms with Crippen LogP contribution in [0.2, 0.25) is 0 Å². The molecule has 2 rings (SSSR count). The molecule has 0 aromatic heterocycles. The summed E-state index contributed by atoms with van der Waals surface area (Å²) in [6.45, 7) is 4.26.